The van der Waals surface area contributed by atoms with Crippen LogP contribution in [-0.2, 0) is 19.2 Å². The second-order valence-electron chi connectivity index (χ2n) is 4.27. The van der Waals surface area contributed by atoms with Crippen molar-refractivity contribution in [2.24, 2.45) is 0 Å². The molecule has 19 heavy (non-hydrogen) atoms. The van der Waals surface area contributed by atoms with Gasteiger partial charge < -0.3 is 4.84 Å². The van der Waals surface area contributed by atoms with E-state index in [4.69, 9.17) is 4.84 Å². The van der Waals surface area contributed by atoms with Crippen molar-refractivity contribution >= 4 is 33.7 Å². The molecule has 1 aliphatic heterocycles. The molecule has 6 heteroatoms. The first-order valence-electron chi connectivity index (χ1n) is 5.77. The molecule has 0 aliphatic carbocycles. The van der Waals surface area contributed by atoms with Crippen LogP contribution in [0.5, 0.6) is 0 Å². The van der Waals surface area contributed by atoms with E-state index in [1.165, 1.54) is 0 Å². The highest BCUT2D eigenvalue weighted by atomic mass is 79.9. The molecule has 1 aromatic carbocycles. The number of amides is 2. The maximum absolute atomic E-state index is 11.9. The summed E-state index contributed by atoms with van der Waals surface area (Å²) in [5, 5.41) is 0.546. The number of alkyl halides is 1. The van der Waals surface area contributed by atoms with Crippen LogP contribution in [0, 0.1) is 6.92 Å². The van der Waals surface area contributed by atoms with Crippen molar-refractivity contribution in [2.45, 2.75) is 24.6 Å². The van der Waals surface area contributed by atoms with E-state index in [1.807, 2.05) is 19.1 Å². The molecule has 1 unspecified atom stereocenters. The van der Waals surface area contributed by atoms with Crippen molar-refractivity contribution in [2.75, 3.05) is 0 Å². The highest BCUT2D eigenvalue weighted by Gasteiger charge is 2.34. The summed E-state index contributed by atoms with van der Waals surface area (Å²) in [6.45, 7) is 1.94. The van der Waals surface area contributed by atoms with Crippen LogP contribution in [0.2, 0.25) is 0 Å². The first-order valence-corrected chi connectivity index (χ1v) is 6.69. The van der Waals surface area contributed by atoms with E-state index in [0.717, 1.165) is 5.56 Å². The number of hydrogen-bond acceptors (Lipinski definition) is 4. The lowest BCUT2D eigenvalue weighted by atomic mass is 10.1. The Morgan fingerprint density at radius 1 is 1.21 bits per heavy atom. The van der Waals surface area contributed by atoms with Crippen molar-refractivity contribution in [1.29, 1.82) is 0 Å². The van der Waals surface area contributed by atoms with Gasteiger partial charge in [-0.05, 0) is 12.5 Å². The monoisotopic (exact) mass is 325 g/mol. The van der Waals surface area contributed by atoms with Crippen LogP contribution < -0.4 is 0 Å². The molecular weight excluding hydrogens is 314 g/mol. The Hall–Kier alpha value is -1.69. The van der Waals surface area contributed by atoms with Crippen LogP contribution in [0.4, 0.5) is 0 Å². The summed E-state index contributed by atoms with van der Waals surface area (Å²) in [5.41, 5.74) is 1.77. The van der Waals surface area contributed by atoms with Crippen molar-refractivity contribution in [1.82, 2.24) is 5.06 Å². The summed E-state index contributed by atoms with van der Waals surface area (Å²) in [4.78, 5) is 38.7. The fraction of sp³-hybridized carbons (Fsp3) is 0.308. The molecule has 5 nitrogen and oxygen atoms in total. The number of imide groups is 1. The van der Waals surface area contributed by atoms with E-state index in [0.29, 0.717) is 10.6 Å². The molecule has 0 bridgehead atoms. The SMILES string of the molecule is Cc1ccc(C(Br)C(=O)ON2C(=O)CCC2=O)cc1. The van der Waals surface area contributed by atoms with Crippen LogP contribution in [0.25, 0.3) is 0 Å². The van der Waals surface area contributed by atoms with Gasteiger partial charge in [-0.2, -0.15) is 0 Å². The van der Waals surface area contributed by atoms with Gasteiger partial charge in [0.25, 0.3) is 11.8 Å². The van der Waals surface area contributed by atoms with Gasteiger partial charge in [-0.1, -0.05) is 45.8 Å². The lowest BCUT2D eigenvalue weighted by molar-refractivity contribution is -0.197. The third-order valence-corrected chi connectivity index (χ3v) is 3.67. The molecule has 1 aromatic rings. The molecule has 100 valence electrons. The normalized spacial score (nSPS) is 16.6. The van der Waals surface area contributed by atoms with Gasteiger partial charge in [0.05, 0.1) is 0 Å². The molecule has 2 amide bonds. The van der Waals surface area contributed by atoms with Gasteiger partial charge in [-0.25, -0.2) is 4.79 Å². The van der Waals surface area contributed by atoms with Gasteiger partial charge in [-0.15, -0.1) is 5.06 Å². The number of benzene rings is 1. The molecule has 1 saturated heterocycles. The van der Waals surface area contributed by atoms with Gasteiger partial charge in [-0.3, -0.25) is 9.59 Å². The topological polar surface area (TPSA) is 63.7 Å². The largest absolute Gasteiger partial charge is 0.351 e. The third kappa shape index (κ3) is 3.01. The van der Waals surface area contributed by atoms with Gasteiger partial charge in [0.1, 0.15) is 4.83 Å². The Kier molecular flexibility index (Phi) is 3.99. The second kappa shape index (κ2) is 5.52. The lowest BCUT2D eigenvalue weighted by Crippen LogP contribution is -2.33. The van der Waals surface area contributed by atoms with Gasteiger partial charge in [0.2, 0.25) is 0 Å². The minimum Gasteiger partial charge on any atom is -0.329 e. The van der Waals surface area contributed by atoms with Crippen molar-refractivity contribution in [3.63, 3.8) is 0 Å². The van der Waals surface area contributed by atoms with Crippen molar-refractivity contribution < 1.29 is 19.2 Å². The number of carbonyl (C=O) groups excluding carboxylic acids is 3. The average molecular weight is 326 g/mol. The molecule has 0 spiro atoms. The Morgan fingerprint density at radius 3 is 2.26 bits per heavy atom. The molecule has 2 rings (SSSR count). The maximum Gasteiger partial charge on any atom is 0.351 e. The van der Waals surface area contributed by atoms with Crippen molar-refractivity contribution in [3.8, 4) is 0 Å². The van der Waals surface area contributed by atoms with E-state index in [2.05, 4.69) is 15.9 Å². The first-order chi connectivity index (χ1) is 8.99. The summed E-state index contributed by atoms with van der Waals surface area (Å²) < 4.78 is 0. The maximum atomic E-state index is 11.9. The average Bonchev–Trinajstić information content (AvgIpc) is 2.70. The molecule has 1 heterocycles. The first kappa shape index (κ1) is 13.7. The minimum atomic E-state index is -0.714. The Morgan fingerprint density at radius 2 is 1.74 bits per heavy atom. The number of hydrogen-bond donors (Lipinski definition) is 0. The summed E-state index contributed by atoms with van der Waals surface area (Å²) >= 11 is 3.20. The van der Waals surface area contributed by atoms with Crippen LogP contribution in [-0.4, -0.2) is 22.8 Å². The summed E-state index contributed by atoms with van der Waals surface area (Å²) in [7, 11) is 0. The Balaban J connectivity index is 2.05. The number of nitrogens with zero attached hydrogens (tertiary/aromatic N) is 1. The van der Waals surface area contributed by atoms with E-state index in [-0.39, 0.29) is 12.8 Å². The summed E-state index contributed by atoms with van der Waals surface area (Å²) in [6, 6.07) is 7.29. The van der Waals surface area contributed by atoms with Crippen molar-refractivity contribution in [3.05, 3.63) is 35.4 Å². The number of aryl methyl sites for hydroxylation is 1. The summed E-state index contributed by atoms with van der Waals surface area (Å²) in [5.74, 6) is -1.66. The van der Waals surface area contributed by atoms with Gasteiger partial charge in [0, 0.05) is 12.8 Å². The van der Waals surface area contributed by atoms with Crippen LogP contribution in [0.3, 0.4) is 0 Å². The van der Waals surface area contributed by atoms with E-state index in [1.54, 1.807) is 12.1 Å². The lowest BCUT2D eigenvalue weighted by Gasteiger charge is -2.15. The molecule has 1 aliphatic rings. The van der Waals surface area contributed by atoms with Crippen LogP contribution in [0.15, 0.2) is 24.3 Å². The molecule has 1 fully saturated rings. The molecule has 0 aromatic heterocycles. The predicted molar refractivity (Wildman–Crippen MR) is 70.0 cm³/mol. The zero-order valence-corrected chi connectivity index (χ0v) is 11.8. The fourth-order valence-electron chi connectivity index (χ4n) is 1.67. The zero-order chi connectivity index (χ0) is 14.0. The van der Waals surface area contributed by atoms with Gasteiger partial charge in [0.15, 0.2) is 0 Å². The van der Waals surface area contributed by atoms with Crippen LogP contribution in [0.1, 0.15) is 28.8 Å². The van der Waals surface area contributed by atoms with E-state index < -0.39 is 22.6 Å². The van der Waals surface area contributed by atoms with Crippen LogP contribution >= 0.6 is 15.9 Å². The standard InChI is InChI=1S/C13H12BrNO4/c1-8-2-4-9(5-3-8)12(14)13(18)19-15-10(16)6-7-11(15)17/h2-5,12H,6-7H2,1H3. The molecular formula is C13H12BrNO4. The Labute approximate surface area is 118 Å². The third-order valence-electron chi connectivity index (χ3n) is 2.76. The minimum absolute atomic E-state index is 0.0869. The number of carbonyl (C=O) groups is 3. The highest BCUT2D eigenvalue weighted by Crippen LogP contribution is 2.26. The van der Waals surface area contributed by atoms with Gasteiger partial charge >= 0.3 is 5.97 Å². The molecule has 0 N–H and O–H groups in total. The fourth-order valence-corrected chi connectivity index (χ4v) is 2.05. The number of halogens is 1. The molecule has 0 radical (unpaired) electrons. The molecule has 0 saturated carbocycles. The Bertz CT molecular complexity index is 510. The number of hydroxylamine groups is 2. The smallest absolute Gasteiger partial charge is 0.329 e. The quantitative estimate of drug-likeness (QED) is 0.630. The molecule has 1 atom stereocenters. The summed E-state index contributed by atoms with van der Waals surface area (Å²) in [6.07, 6.45) is 0.174. The highest BCUT2D eigenvalue weighted by molar-refractivity contribution is 9.09. The number of rotatable bonds is 3. The predicted octanol–water partition coefficient (Wildman–Crippen LogP) is 2.04. The van der Waals surface area contributed by atoms with E-state index >= 15 is 0 Å². The second-order valence-corrected chi connectivity index (χ2v) is 5.18. The van der Waals surface area contributed by atoms with E-state index in [9.17, 15) is 14.4 Å². The zero-order valence-electron chi connectivity index (χ0n) is 10.3.